The number of rotatable bonds is 7. The van der Waals surface area contributed by atoms with Crippen molar-refractivity contribution >= 4 is 11.9 Å². The molecule has 6 nitrogen and oxygen atoms in total. The molecule has 1 atom stereocenters. The zero-order valence-electron chi connectivity index (χ0n) is 11.7. The smallest absolute Gasteiger partial charge is 0.307 e. The second-order valence-corrected chi connectivity index (χ2v) is 4.94. The number of aliphatic carboxylic acids is 1. The molecular formula is C15H19NO5. The van der Waals surface area contributed by atoms with Crippen molar-refractivity contribution in [3.05, 3.63) is 29.8 Å². The van der Waals surface area contributed by atoms with Gasteiger partial charge in [0.25, 0.3) is 5.91 Å². The minimum atomic E-state index is -0.878. The number of benzene rings is 1. The van der Waals surface area contributed by atoms with Crippen molar-refractivity contribution < 1.29 is 24.2 Å². The Bertz CT molecular complexity index is 479. The topological polar surface area (TPSA) is 84.9 Å². The minimum Gasteiger partial charge on any atom is -0.484 e. The van der Waals surface area contributed by atoms with Crippen LogP contribution in [0.3, 0.4) is 0 Å². The Balaban J connectivity index is 1.69. The fraction of sp³-hybridized carbons (Fsp3) is 0.467. The molecule has 1 saturated heterocycles. The van der Waals surface area contributed by atoms with Gasteiger partial charge in [0, 0.05) is 13.2 Å². The van der Waals surface area contributed by atoms with Gasteiger partial charge in [-0.2, -0.15) is 0 Å². The molecule has 1 heterocycles. The molecule has 1 unspecified atom stereocenters. The maximum Gasteiger partial charge on any atom is 0.307 e. The van der Waals surface area contributed by atoms with Gasteiger partial charge < -0.3 is 19.9 Å². The highest BCUT2D eigenvalue weighted by Crippen LogP contribution is 2.13. The fourth-order valence-electron chi connectivity index (χ4n) is 2.11. The summed E-state index contributed by atoms with van der Waals surface area (Å²) in [5.41, 5.74) is 0.692. The molecule has 0 radical (unpaired) electrons. The Morgan fingerprint density at radius 1 is 1.33 bits per heavy atom. The average Bonchev–Trinajstić information content (AvgIpc) is 2.97. The lowest BCUT2D eigenvalue weighted by Gasteiger charge is -2.11. The molecule has 2 rings (SSSR count). The van der Waals surface area contributed by atoms with Crippen LogP contribution < -0.4 is 10.1 Å². The summed E-state index contributed by atoms with van der Waals surface area (Å²) in [6.45, 7) is 1.21. The van der Waals surface area contributed by atoms with E-state index in [1.165, 1.54) is 0 Å². The first-order valence-corrected chi connectivity index (χ1v) is 6.95. The Morgan fingerprint density at radius 3 is 2.71 bits per heavy atom. The van der Waals surface area contributed by atoms with Crippen LogP contribution in [0.5, 0.6) is 5.75 Å². The molecule has 114 valence electrons. The second kappa shape index (κ2) is 7.64. The first-order valence-electron chi connectivity index (χ1n) is 6.95. The van der Waals surface area contributed by atoms with Gasteiger partial charge in [-0.25, -0.2) is 0 Å². The van der Waals surface area contributed by atoms with Gasteiger partial charge in [0.05, 0.1) is 12.5 Å². The van der Waals surface area contributed by atoms with E-state index in [-0.39, 0.29) is 25.0 Å². The fourth-order valence-corrected chi connectivity index (χ4v) is 2.11. The summed E-state index contributed by atoms with van der Waals surface area (Å²) in [4.78, 5) is 22.2. The molecule has 0 bridgehead atoms. The second-order valence-electron chi connectivity index (χ2n) is 4.94. The predicted molar refractivity (Wildman–Crippen MR) is 75.3 cm³/mol. The summed E-state index contributed by atoms with van der Waals surface area (Å²) in [6, 6.07) is 6.67. The maximum absolute atomic E-state index is 11.6. The Morgan fingerprint density at radius 2 is 2.10 bits per heavy atom. The quantitative estimate of drug-likeness (QED) is 0.783. The van der Waals surface area contributed by atoms with E-state index in [4.69, 9.17) is 14.6 Å². The van der Waals surface area contributed by atoms with E-state index in [2.05, 4.69) is 5.32 Å². The Kier molecular flexibility index (Phi) is 5.57. The lowest BCUT2D eigenvalue weighted by atomic mass is 10.1. The lowest BCUT2D eigenvalue weighted by molar-refractivity contribution is -0.136. The van der Waals surface area contributed by atoms with E-state index in [0.717, 1.165) is 19.4 Å². The number of nitrogens with one attached hydrogen (secondary N) is 1. The first kappa shape index (κ1) is 15.3. The molecule has 0 aromatic heterocycles. The van der Waals surface area contributed by atoms with Crippen LogP contribution in [0.25, 0.3) is 0 Å². The maximum atomic E-state index is 11.6. The SMILES string of the molecule is O=C(O)Cc1ccc(OCC(=O)NCC2CCCO2)cc1. The zero-order valence-corrected chi connectivity index (χ0v) is 11.7. The number of carboxylic acids is 1. The molecule has 6 heteroatoms. The van der Waals surface area contributed by atoms with Crippen molar-refractivity contribution in [2.45, 2.75) is 25.4 Å². The molecule has 1 aromatic rings. The van der Waals surface area contributed by atoms with E-state index in [1.807, 2.05) is 0 Å². The third-order valence-electron chi connectivity index (χ3n) is 3.20. The Hall–Kier alpha value is -2.08. The number of hydrogen-bond donors (Lipinski definition) is 2. The summed E-state index contributed by atoms with van der Waals surface area (Å²) >= 11 is 0. The monoisotopic (exact) mass is 293 g/mol. The van der Waals surface area contributed by atoms with E-state index < -0.39 is 5.97 Å². The van der Waals surface area contributed by atoms with E-state index in [0.29, 0.717) is 17.9 Å². The summed E-state index contributed by atoms with van der Waals surface area (Å²) < 4.78 is 10.8. The molecule has 1 amide bonds. The molecule has 2 N–H and O–H groups in total. The van der Waals surface area contributed by atoms with Gasteiger partial charge in [-0.15, -0.1) is 0 Å². The van der Waals surface area contributed by atoms with Gasteiger partial charge in [0.2, 0.25) is 0 Å². The van der Waals surface area contributed by atoms with Crippen molar-refractivity contribution in [3.8, 4) is 5.75 Å². The number of ether oxygens (including phenoxy) is 2. The van der Waals surface area contributed by atoms with E-state index in [1.54, 1.807) is 24.3 Å². The van der Waals surface area contributed by atoms with Gasteiger partial charge in [-0.1, -0.05) is 12.1 Å². The van der Waals surface area contributed by atoms with Crippen LogP contribution in [0.15, 0.2) is 24.3 Å². The first-order chi connectivity index (χ1) is 10.1. The Labute approximate surface area is 123 Å². The van der Waals surface area contributed by atoms with Gasteiger partial charge >= 0.3 is 5.97 Å². The van der Waals surface area contributed by atoms with Gasteiger partial charge in [0.1, 0.15) is 5.75 Å². The molecular weight excluding hydrogens is 274 g/mol. The summed E-state index contributed by atoms with van der Waals surface area (Å²) in [6.07, 6.45) is 2.11. The number of carbonyl (C=O) groups is 2. The number of carbonyl (C=O) groups excluding carboxylic acids is 1. The van der Waals surface area contributed by atoms with E-state index in [9.17, 15) is 9.59 Å². The molecule has 1 aromatic carbocycles. The molecule has 0 aliphatic carbocycles. The third-order valence-corrected chi connectivity index (χ3v) is 3.20. The predicted octanol–water partition coefficient (Wildman–Crippen LogP) is 0.988. The average molecular weight is 293 g/mol. The van der Waals surface area contributed by atoms with Crippen LogP contribution >= 0.6 is 0 Å². The zero-order chi connectivity index (χ0) is 15.1. The van der Waals surface area contributed by atoms with Gasteiger partial charge in [-0.3, -0.25) is 9.59 Å². The highest BCUT2D eigenvalue weighted by atomic mass is 16.5. The van der Waals surface area contributed by atoms with Crippen LogP contribution in [0.4, 0.5) is 0 Å². The molecule has 1 fully saturated rings. The summed E-state index contributed by atoms with van der Waals surface area (Å²) in [5, 5.41) is 11.4. The number of hydrogen-bond acceptors (Lipinski definition) is 4. The van der Waals surface area contributed by atoms with Crippen LogP contribution in [0.1, 0.15) is 18.4 Å². The highest BCUT2D eigenvalue weighted by molar-refractivity contribution is 5.77. The van der Waals surface area contributed by atoms with Crippen LogP contribution in [0, 0.1) is 0 Å². The summed E-state index contributed by atoms with van der Waals surface area (Å²) in [5.74, 6) is -0.534. The standard InChI is InChI=1S/C15H19NO5/c17-14(16-9-13-2-1-7-20-13)10-21-12-5-3-11(4-6-12)8-15(18)19/h3-6,13H,1-2,7-10H2,(H,16,17)(H,18,19). The largest absolute Gasteiger partial charge is 0.484 e. The molecule has 0 spiro atoms. The summed E-state index contributed by atoms with van der Waals surface area (Å²) in [7, 11) is 0. The molecule has 21 heavy (non-hydrogen) atoms. The normalized spacial score (nSPS) is 17.4. The van der Waals surface area contributed by atoms with Crippen molar-refractivity contribution in [2.24, 2.45) is 0 Å². The van der Waals surface area contributed by atoms with Crippen LogP contribution in [0.2, 0.25) is 0 Å². The molecule has 1 aliphatic heterocycles. The van der Waals surface area contributed by atoms with Crippen molar-refractivity contribution in [1.29, 1.82) is 0 Å². The van der Waals surface area contributed by atoms with Crippen LogP contribution in [-0.4, -0.2) is 42.8 Å². The highest BCUT2D eigenvalue weighted by Gasteiger charge is 2.16. The number of carboxylic acid groups (broad SMARTS) is 1. The lowest BCUT2D eigenvalue weighted by Crippen LogP contribution is -2.35. The van der Waals surface area contributed by atoms with Gasteiger partial charge in [-0.05, 0) is 30.5 Å². The van der Waals surface area contributed by atoms with Crippen molar-refractivity contribution in [1.82, 2.24) is 5.32 Å². The van der Waals surface area contributed by atoms with Crippen molar-refractivity contribution in [3.63, 3.8) is 0 Å². The van der Waals surface area contributed by atoms with Gasteiger partial charge in [0.15, 0.2) is 6.61 Å². The van der Waals surface area contributed by atoms with Crippen molar-refractivity contribution in [2.75, 3.05) is 19.8 Å². The minimum absolute atomic E-state index is 0.0256. The van der Waals surface area contributed by atoms with E-state index >= 15 is 0 Å². The number of amides is 1. The molecule has 0 saturated carbocycles. The van der Waals surface area contributed by atoms with Crippen LogP contribution in [-0.2, 0) is 20.7 Å². The third kappa shape index (κ3) is 5.43. The molecule has 1 aliphatic rings.